The van der Waals surface area contributed by atoms with Gasteiger partial charge in [0, 0.05) is 31.1 Å². The first-order valence-electron chi connectivity index (χ1n) is 15.4. The van der Waals surface area contributed by atoms with Crippen molar-refractivity contribution in [3.05, 3.63) is 82.9 Å². The van der Waals surface area contributed by atoms with Crippen LogP contribution in [-0.4, -0.2) is 64.2 Å². The molecule has 2 heterocycles. The van der Waals surface area contributed by atoms with E-state index in [1.54, 1.807) is 12.1 Å². The van der Waals surface area contributed by atoms with Crippen molar-refractivity contribution in [3.8, 4) is 22.6 Å². The standard InChI is InChI=1S/C35H36N2O5/c38-26-10-7-24(8-11-26)23-5-3-21(4-6-23)14-17-36-33(40)27-12-9-25-19-29-35(41)15-13-28(39)32-34(35,30(25)31(27)42-32)16-18-37(29)20-22-1-2-22/h3-12,22,29,32,38,41H,1-2,13-20H2,(H,36,40). The highest BCUT2D eigenvalue weighted by atomic mass is 16.5. The number of aromatic hydroxyl groups is 1. The summed E-state index contributed by atoms with van der Waals surface area (Å²) in [7, 11) is 0. The van der Waals surface area contributed by atoms with Crippen LogP contribution in [-0.2, 0) is 23.1 Å². The molecule has 2 bridgehead atoms. The molecule has 1 spiro atoms. The smallest absolute Gasteiger partial charge is 0.255 e. The van der Waals surface area contributed by atoms with E-state index in [0.29, 0.717) is 43.5 Å². The van der Waals surface area contributed by atoms with Gasteiger partial charge in [0.15, 0.2) is 11.9 Å². The summed E-state index contributed by atoms with van der Waals surface area (Å²) < 4.78 is 6.46. The second kappa shape index (κ2) is 9.41. The second-order valence-corrected chi connectivity index (χ2v) is 13.0. The monoisotopic (exact) mass is 564 g/mol. The number of rotatable bonds is 7. The van der Waals surface area contributed by atoms with E-state index in [9.17, 15) is 19.8 Å². The van der Waals surface area contributed by atoms with Crippen molar-refractivity contribution < 1.29 is 24.5 Å². The molecule has 3 N–H and O–H groups in total. The van der Waals surface area contributed by atoms with E-state index in [1.165, 1.54) is 12.8 Å². The minimum Gasteiger partial charge on any atom is -0.508 e. The van der Waals surface area contributed by atoms with Gasteiger partial charge in [-0.15, -0.1) is 0 Å². The van der Waals surface area contributed by atoms with Gasteiger partial charge in [-0.2, -0.15) is 0 Å². The number of amides is 1. The van der Waals surface area contributed by atoms with Crippen LogP contribution in [0.2, 0.25) is 0 Å². The Morgan fingerprint density at radius 1 is 1.00 bits per heavy atom. The fourth-order valence-corrected chi connectivity index (χ4v) is 8.39. The molecule has 3 aromatic rings. The van der Waals surface area contributed by atoms with E-state index in [0.717, 1.165) is 53.2 Å². The molecule has 3 fully saturated rings. The number of phenols is 1. The van der Waals surface area contributed by atoms with Gasteiger partial charge in [-0.3, -0.25) is 14.5 Å². The lowest BCUT2D eigenvalue weighted by molar-refractivity contribution is -0.188. The number of nitrogens with zero attached hydrogens (tertiary/aromatic N) is 1. The molecule has 3 aliphatic carbocycles. The van der Waals surface area contributed by atoms with Crippen LogP contribution in [0, 0.1) is 5.92 Å². The van der Waals surface area contributed by atoms with Crippen LogP contribution in [0.25, 0.3) is 11.1 Å². The number of likely N-dealkylation sites (tertiary alicyclic amines) is 1. The maximum atomic E-state index is 13.5. The van der Waals surface area contributed by atoms with E-state index in [2.05, 4.69) is 22.3 Å². The molecule has 1 amide bonds. The molecule has 1 saturated heterocycles. The van der Waals surface area contributed by atoms with Crippen molar-refractivity contribution in [2.24, 2.45) is 5.92 Å². The molecule has 2 saturated carbocycles. The van der Waals surface area contributed by atoms with Crippen LogP contribution in [0.4, 0.5) is 0 Å². The fourth-order valence-electron chi connectivity index (χ4n) is 8.39. The van der Waals surface area contributed by atoms with Crippen LogP contribution < -0.4 is 10.1 Å². The summed E-state index contributed by atoms with van der Waals surface area (Å²) in [5.74, 6) is 1.31. The number of ether oxygens (including phenoxy) is 1. The highest BCUT2D eigenvalue weighted by molar-refractivity contribution is 5.99. The maximum absolute atomic E-state index is 13.5. The molecule has 2 aliphatic heterocycles. The molecule has 4 atom stereocenters. The molecule has 0 radical (unpaired) electrons. The third kappa shape index (κ3) is 3.79. The Bertz CT molecular complexity index is 1580. The SMILES string of the molecule is O=C(NCCc1ccc(-c2ccc(O)cc2)cc1)c1ccc2c3c1OC1C(=O)CCC4(O)C(C2)N(CC2CC2)CCC314. The minimum atomic E-state index is -1.03. The Balaban J connectivity index is 1.03. The molecule has 4 unspecified atom stereocenters. The molecular weight excluding hydrogens is 528 g/mol. The Kier molecular flexibility index (Phi) is 5.82. The first-order valence-corrected chi connectivity index (χ1v) is 15.4. The van der Waals surface area contributed by atoms with Gasteiger partial charge in [-0.25, -0.2) is 0 Å². The summed E-state index contributed by atoms with van der Waals surface area (Å²) in [4.78, 5) is 29.3. The maximum Gasteiger partial charge on any atom is 0.255 e. The van der Waals surface area contributed by atoms with Gasteiger partial charge in [-0.1, -0.05) is 42.5 Å². The largest absolute Gasteiger partial charge is 0.508 e. The minimum absolute atomic E-state index is 0.0235. The van der Waals surface area contributed by atoms with E-state index in [4.69, 9.17) is 4.74 Å². The Labute approximate surface area is 245 Å². The van der Waals surface area contributed by atoms with Crippen molar-refractivity contribution in [3.63, 3.8) is 0 Å². The number of nitrogens with one attached hydrogen (secondary N) is 1. The van der Waals surface area contributed by atoms with Crippen molar-refractivity contribution in [1.82, 2.24) is 10.2 Å². The lowest BCUT2D eigenvalue weighted by Gasteiger charge is -2.62. The zero-order valence-electron chi connectivity index (χ0n) is 23.6. The van der Waals surface area contributed by atoms with Gasteiger partial charge in [0.1, 0.15) is 11.5 Å². The van der Waals surface area contributed by atoms with Gasteiger partial charge in [0.25, 0.3) is 5.91 Å². The van der Waals surface area contributed by atoms with Gasteiger partial charge in [0.05, 0.1) is 16.6 Å². The lowest BCUT2D eigenvalue weighted by Crippen LogP contribution is -2.76. The zero-order valence-corrected chi connectivity index (χ0v) is 23.6. The number of piperidine rings is 1. The molecule has 0 aromatic heterocycles. The molecular formula is C35H36N2O5. The summed E-state index contributed by atoms with van der Waals surface area (Å²) >= 11 is 0. The van der Waals surface area contributed by atoms with E-state index in [-0.39, 0.29) is 23.5 Å². The Hall–Kier alpha value is -3.68. The van der Waals surface area contributed by atoms with Gasteiger partial charge < -0.3 is 20.3 Å². The fraction of sp³-hybridized carbons (Fsp3) is 0.429. The molecule has 7 heteroatoms. The second-order valence-electron chi connectivity index (χ2n) is 13.0. The van der Waals surface area contributed by atoms with Gasteiger partial charge in [0.2, 0.25) is 0 Å². The normalized spacial score (nSPS) is 29.1. The molecule has 5 aliphatic rings. The zero-order chi connectivity index (χ0) is 28.6. The van der Waals surface area contributed by atoms with E-state index in [1.807, 2.05) is 36.4 Å². The molecule has 3 aromatic carbocycles. The Morgan fingerprint density at radius 2 is 1.74 bits per heavy atom. The predicted molar refractivity (Wildman–Crippen MR) is 158 cm³/mol. The number of phenolic OH excluding ortho intramolecular Hbond substituents is 1. The van der Waals surface area contributed by atoms with Crippen LogP contribution in [0.3, 0.4) is 0 Å². The number of carbonyl (C=O) groups excluding carboxylic acids is 2. The van der Waals surface area contributed by atoms with E-state index < -0.39 is 17.1 Å². The molecule has 8 rings (SSSR count). The van der Waals surface area contributed by atoms with Crippen LogP contribution in [0.5, 0.6) is 11.5 Å². The molecule has 216 valence electrons. The van der Waals surface area contributed by atoms with Crippen molar-refractivity contribution in [2.45, 2.75) is 68.1 Å². The number of carbonyl (C=O) groups is 2. The summed E-state index contributed by atoms with van der Waals surface area (Å²) in [5, 5.41) is 25.1. The van der Waals surface area contributed by atoms with Crippen molar-refractivity contribution >= 4 is 11.7 Å². The summed E-state index contributed by atoms with van der Waals surface area (Å²) in [6.45, 7) is 2.33. The topological polar surface area (TPSA) is 99.1 Å². The first kappa shape index (κ1) is 26.0. The van der Waals surface area contributed by atoms with Gasteiger partial charge >= 0.3 is 0 Å². The number of Topliss-reactive ketones (excluding diaryl/α,β-unsaturated/α-hetero) is 1. The quantitative estimate of drug-likeness (QED) is 0.399. The number of hydrogen-bond donors (Lipinski definition) is 3. The third-order valence-electron chi connectivity index (χ3n) is 10.7. The predicted octanol–water partition coefficient (Wildman–Crippen LogP) is 4.16. The number of aliphatic hydroxyl groups is 1. The van der Waals surface area contributed by atoms with Crippen molar-refractivity contribution in [1.29, 1.82) is 0 Å². The van der Waals surface area contributed by atoms with Crippen LogP contribution in [0.15, 0.2) is 60.7 Å². The van der Waals surface area contributed by atoms with Crippen LogP contribution >= 0.6 is 0 Å². The third-order valence-corrected chi connectivity index (χ3v) is 10.7. The lowest BCUT2D eigenvalue weighted by atomic mass is 9.49. The van der Waals surface area contributed by atoms with Gasteiger partial charge in [-0.05, 0) is 91.4 Å². The van der Waals surface area contributed by atoms with Crippen LogP contribution in [0.1, 0.15) is 59.2 Å². The number of hydrogen-bond acceptors (Lipinski definition) is 6. The highest BCUT2D eigenvalue weighted by Gasteiger charge is 2.73. The molecule has 42 heavy (non-hydrogen) atoms. The summed E-state index contributed by atoms with van der Waals surface area (Å²) in [6.07, 6.45) is 4.64. The average molecular weight is 565 g/mol. The first-order chi connectivity index (χ1) is 20.4. The highest BCUT2D eigenvalue weighted by Crippen LogP contribution is 2.64. The Morgan fingerprint density at radius 3 is 2.48 bits per heavy atom. The molecule has 7 nitrogen and oxygen atoms in total. The van der Waals surface area contributed by atoms with E-state index >= 15 is 0 Å². The number of benzene rings is 3. The summed E-state index contributed by atoms with van der Waals surface area (Å²) in [6, 6.07) is 19.2. The summed E-state index contributed by atoms with van der Waals surface area (Å²) in [5.41, 5.74) is 3.88. The van der Waals surface area contributed by atoms with Crippen molar-refractivity contribution in [2.75, 3.05) is 19.6 Å². The number of ketones is 1. The average Bonchev–Trinajstić information content (AvgIpc) is 3.74.